The van der Waals surface area contributed by atoms with Gasteiger partial charge in [-0.2, -0.15) is 5.26 Å². The summed E-state index contributed by atoms with van der Waals surface area (Å²) in [7, 11) is 0. The summed E-state index contributed by atoms with van der Waals surface area (Å²) in [6.07, 6.45) is 0. The quantitative estimate of drug-likeness (QED) is 0.537. The topological polar surface area (TPSA) is 97.0 Å². The SMILES string of the molecule is CCOC(=O)c1ccc2c(c1)nc(SCC(=O)N[C@@](C)(C#N)C(C)C)n2CC. The fourth-order valence-electron chi connectivity index (χ4n) is 2.62. The van der Waals surface area contributed by atoms with Gasteiger partial charge in [-0.05, 0) is 44.9 Å². The Hall–Kier alpha value is -2.53. The highest BCUT2D eigenvalue weighted by atomic mass is 32.2. The van der Waals surface area contributed by atoms with Crippen LogP contribution in [0.15, 0.2) is 23.4 Å². The molecule has 0 radical (unpaired) electrons. The molecule has 2 aromatic rings. The Labute approximate surface area is 169 Å². The zero-order valence-electron chi connectivity index (χ0n) is 16.9. The Bertz CT molecular complexity index is 916. The van der Waals surface area contributed by atoms with Crippen molar-refractivity contribution < 1.29 is 14.3 Å². The van der Waals surface area contributed by atoms with Crippen molar-refractivity contribution in [1.29, 1.82) is 5.26 Å². The summed E-state index contributed by atoms with van der Waals surface area (Å²) in [6.45, 7) is 10.3. The average Bonchev–Trinajstić information content (AvgIpc) is 3.02. The molecule has 1 aromatic carbocycles. The van der Waals surface area contributed by atoms with Gasteiger partial charge < -0.3 is 14.6 Å². The molecule has 8 heteroatoms. The first-order valence-electron chi connectivity index (χ1n) is 9.28. The molecular weight excluding hydrogens is 376 g/mol. The van der Waals surface area contributed by atoms with Gasteiger partial charge in [0.1, 0.15) is 5.54 Å². The minimum atomic E-state index is -0.906. The largest absolute Gasteiger partial charge is 0.462 e. The van der Waals surface area contributed by atoms with Crippen LogP contribution >= 0.6 is 11.8 Å². The van der Waals surface area contributed by atoms with Crippen molar-refractivity contribution in [3.63, 3.8) is 0 Å². The van der Waals surface area contributed by atoms with Crippen LogP contribution in [-0.2, 0) is 16.1 Å². The first-order chi connectivity index (χ1) is 13.3. The van der Waals surface area contributed by atoms with E-state index in [-0.39, 0.29) is 23.5 Å². The van der Waals surface area contributed by atoms with E-state index >= 15 is 0 Å². The molecule has 1 aromatic heterocycles. The highest BCUT2D eigenvalue weighted by molar-refractivity contribution is 7.99. The summed E-state index contributed by atoms with van der Waals surface area (Å²) in [5.41, 5.74) is 1.12. The fourth-order valence-corrected chi connectivity index (χ4v) is 3.50. The van der Waals surface area contributed by atoms with Crippen molar-refractivity contribution in [2.75, 3.05) is 12.4 Å². The fraction of sp³-hybridized carbons (Fsp3) is 0.500. The van der Waals surface area contributed by atoms with E-state index in [1.54, 1.807) is 26.0 Å². The maximum absolute atomic E-state index is 12.3. The molecule has 1 N–H and O–H groups in total. The van der Waals surface area contributed by atoms with E-state index in [0.29, 0.717) is 29.4 Å². The number of rotatable bonds is 8. The minimum absolute atomic E-state index is 0.00652. The molecule has 1 atom stereocenters. The smallest absolute Gasteiger partial charge is 0.338 e. The Morgan fingerprint density at radius 2 is 2.11 bits per heavy atom. The van der Waals surface area contributed by atoms with Crippen LogP contribution < -0.4 is 5.32 Å². The molecule has 28 heavy (non-hydrogen) atoms. The third-order valence-corrected chi connectivity index (χ3v) is 5.64. The lowest BCUT2D eigenvalue weighted by Gasteiger charge is -2.27. The Morgan fingerprint density at radius 1 is 1.39 bits per heavy atom. The summed E-state index contributed by atoms with van der Waals surface area (Å²) < 4.78 is 7.03. The number of imidazole rings is 1. The van der Waals surface area contributed by atoms with E-state index in [1.165, 1.54) is 11.8 Å². The highest BCUT2D eigenvalue weighted by Gasteiger charge is 2.30. The van der Waals surface area contributed by atoms with Crippen LogP contribution in [0.5, 0.6) is 0 Å². The Balaban J connectivity index is 2.19. The molecule has 0 bridgehead atoms. The van der Waals surface area contributed by atoms with Gasteiger partial charge >= 0.3 is 5.97 Å². The Kier molecular flexibility index (Phi) is 7.08. The number of esters is 1. The molecule has 0 saturated carbocycles. The zero-order chi connectivity index (χ0) is 20.9. The molecular formula is C20H26N4O3S. The van der Waals surface area contributed by atoms with Gasteiger partial charge in [-0.25, -0.2) is 9.78 Å². The predicted octanol–water partition coefficient (Wildman–Crippen LogP) is 3.38. The summed E-state index contributed by atoms with van der Waals surface area (Å²) in [5.74, 6) is -0.455. The third kappa shape index (κ3) is 4.65. The first kappa shape index (κ1) is 21.8. The number of hydrogen-bond acceptors (Lipinski definition) is 6. The van der Waals surface area contributed by atoms with Crippen LogP contribution in [0.2, 0.25) is 0 Å². The van der Waals surface area contributed by atoms with Gasteiger partial charge in [-0.1, -0.05) is 25.6 Å². The van der Waals surface area contributed by atoms with Gasteiger partial charge in [-0.15, -0.1) is 0 Å². The van der Waals surface area contributed by atoms with Crippen molar-refractivity contribution in [2.45, 2.75) is 51.9 Å². The summed E-state index contributed by atoms with van der Waals surface area (Å²) >= 11 is 1.31. The number of benzene rings is 1. The van der Waals surface area contributed by atoms with Gasteiger partial charge in [-0.3, -0.25) is 4.79 Å². The lowest BCUT2D eigenvalue weighted by molar-refractivity contribution is -0.120. The van der Waals surface area contributed by atoms with Crippen LogP contribution in [0, 0.1) is 17.2 Å². The lowest BCUT2D eigenvalue weighted by Crippen LogP contribution is -2.49. The molecule has 0 fully saturated rings. The second-order valence-corrected chi connectivity index (χ2v) is 7.81. The average molecular weight is 403 g/mol. The molecule has 0 aliphatic rings. The first-order valence-corrected chi connectivity index (χ1v) is 10.3. The minimum Gasteiger partial charge on any atom is -0.462 e. The van der Waals surface area contributed by atoms with E-state index in [2.05, 4.69) is 16.4 Å². The maximum Gasteiger partial charge on any atom is 0.338 e. The zero-order valence-corrected chi connectivity index (χ0v) is 17.7. The second-order valence-electron chi connectivity index (χ2n) is 6.87. The number of aromatic nitrogens is 2. The second kappa shape index (κ2) is 9.11. The maximum atomic E-state index is 12.3. The molecule has 0 unspecified atom stereocenters. The van der Waals surface area contributed by atoms with Crippen molar-refractivity contribution >= 4 is 34.7 Å². The molecule has 1 amide bonds. The molecule has 7 nitrogen and oxygen atoms in total. The monoisotopic (exact) mass is 402 g/mol. The number of amides is 1. The van der Waals surface area contributed by atoms with Crippen LogP contribution in [0.25, 0.3) is 11.0 Å². The molecule has 0 spiro atoms. The number of aryl methyl sites for hydroxylation is 1. The lowest BCUT2D eigenvalue weighted by atomic mass is 9.90. The summed E-state index contributed by atoms with van der Waals surface area (Å²) in [4.78, 5) is 28.9. The van der Waals surface area contributed by atoms with E-state index < -0.39 is 5.54 Å². The summed E-state index contributed by atoms with van der Waals surface area (Å²) in [5, 5.41) is 12.8. The van der Waals surface area contributed by atoms with E-state index in [0.717, 1.165) is 5.52 Å². The number of carbonyl (C=O) groups excluding carboxylic acids is 2. The van der Waals surface area contributed by atoms with Crippen LogP contribution in [0.1, 0.15) is 45.0 Å². The number of nitrogens with one attached hydrogen (secondary N) is 1. The molecule has 1 heterocycles. The van der Waals surface area contributed by atoms with Gasteiger partial charge in [0.25, 0.3) is 0 Å². The number of nitrogens with zero attached hydrogens (tertiary/aromatic N) is 3. The van der Waals surface area contributed by atoms with Crippen LogP contribution in [-0.4, -0.2) is 39.3 Å². The van der Waals surface area contributed by atoms with E-state index in [9.17, 15) is 14.9 Å². The van der Waals surface area contributed by atoms with Gasteiger partial charge in [0.05, 0.1) is 35.0 Å². The standard InChI is InChI=1S/C20H26N4O3S/c1-6-24-16-9-8-14(18(26)27-7-2)10-15(16)22-19(24)28-11-17(25)23-20(5,12-21)13(3)4/h8-10,13H,6-7,11H2,1-5H3,(H,23,25)/t20-/m0/s1. The number of thioether (sulfide) groups is 1. The van der Waals surface area contributed by atoms with Gasteiger partial charge in [0.2, 0.25) is 5.91 Å². The van der Waals surface area contributed by atoms with Gasteiger partial charge in [0.15, 0.2) is 5.16 Å². The van der Waals surface area contributed by atoms with E-state index in [1.807, 2.05) is 31.4 Å². The summed E-state index contributed by atoms with van der Waals surface area (Å²) in [6, 6.07) is 7.44. The van der Waals surface area contributed by atoms with Crippen LogP contribution in [0.3, 0.4) is 0 Å². The van der Waals surface area contributed by atoms with Crippen molar-refractivity contribution in [2.24, 2.45) is 5.92 Å². The third-order valence-electron chi connectivity index (χ3n) is 4.66. The molecule has 0 aliphatic carbocycles. The molecule has 0 saturated heterocycles. The normalized spacial score (nSPS) is 13.2. The van der Waals surface area contributed by atoms with Crippen molar-refractivity contribution in [1.82, 2.24) is 14.9 Å². The molecule has 2 rings (SSSR count). The number of ether oxygens (including phenoxy) is 1. The number of carbonyl (C=O) groups is 2. The molecule has 0 aliphatic heterocycles. The highest BCUT2D eigenvalue weighted by Crippen LogP contribution is 2.25. The number of hydrogen-bond donors (Lipinski definition) is 1. The van der Waals surface area contributed by atoms with Crippen molar-refractivity contribution in [3.8, 4) is 6.07 Å². The number of nitriles is 1. The number of fused-ring (bicyclic) bond motifs is 1. The Morgan fingerprint density at radius 3 is 2.68 bits per heavy atom. The van der Waals surface area contributed by atoms with Crippen LogP contribution in [0.4, 0.5) is 0 Å². The van der Waals surface area contributed by atoms with Crippen molar-refractivity contribution in [3.05, 3.63) is 23.8 Å². The van der Waals surface area contributed by atoms with Gasteiger partial charge in [0, 0.05) is 6.54 Å². The van der Waals surface area contributed by atoms with E-state index in [4.69, 9.17) is 4.74 Å². The molecule has 150 valence electrons. The predicted molar refractivity (Wildman–Crippen MR) is 109 cm³/mol.